The summed E-state index contributed by atoms with van der Waals surface area (Å²) in [7, 11) is 0. The van der Waals surface area contributed by atoms with Gasteiger partial charge in [-0.2, -0.15) is 0 Å². The number of fused-ring (bicyclic) bond motifs is 1. The Hall–Kier alpha value is -2.80. The Bertz CT molecular complexity index is 1000. The second-order valence-corrected chi connectivity index (χ2v) is 9.40. The molecule has 196 valence electrons. The van der Waals surface area contributed by atoms with E-state index in [1.165, 1.54) is 6.08 Å². The molecule has 2 fully saturated rings. The number of carbonyl (C=O) groups excluding carboxylic acids is 1. The van der Waals surface area contributed by atoms with Gasteiger partial charge in [0.05, 0.1) is 30.0 Å². The van der Waals surface area contributed by atoms with E-state index in [0.29, 0.717) is 12.8 Å². The van der Waals surface area contributed by atoms with E-state index in [-0.39, 0.29) is 5.57 Å². The van der Waals surface area contributed by atoms with Crippen LogP contribution < -0.4 is 0 Å². The average molecular weight is 507 g/mol. The number of carboxylic acid groups (broad SMARTS) is 1. The van der Waals surface area contributed by atoms with E-state index in [0.717, 1.165) is 17.9 Å². The lowest BCUT2D eigenvalue weighted by molar-refractivity contribution is -0.346. The Morgan fingerprint density at radius 1 is 1.17 bits per heavy atom. The molecule has 3 aliphatic rings. The summed E-state index contributed by atoms with van der Waals surface area (Å²) in [5, 5.41) is 51.1. The third kappa shape index (κ3) is 5.31. The Kier molecular flexibility index (Phi) is 7.79. The predicted molar refractivity (Wildman–Crippen MR) is 122 cm³/mol. The molecule has 36 heavy (non-hydrogen) atoms. The third-order valence-corrected chi connectivity index (χ3v) is 6.94. The fraction of sp³-hybridized carbons (Fsp3) is 0.520. The van der Waals surface area contributed by atoms with Gasteiger partial charge in [-0.3, -0.25) is 0 Å². The van der Waals surface area contributed by atoms with Gasteiger partial charge in [0.2, 0.25) is 12.6 Å². The molecule has 1 saturated heterocycles. The van der Waals surface area contributed by atoms with E-state index < -0.39 is 73.0 Å². The minimum atomic E-state index is -1.68. The van der Waals surface area contributed by atoms with Gasteiger partial charge in [-0.15, -0.1) is 0 Å². The summed E-state index contributed by atoms with van der Waals surface area (Å²) >= 11 is 0. The van der Waals surface area contributed by atoms with E-state index in [9.17, 15) is 35.1 Å². The number of rotatable bonds is 7. The average Bonchev–Trinajstić information content (AvgIpc) is 3.18. The number of ether oxygens (including phenoxy) is 4. The number of hydrogen-bond donors (Lipinski definition) is 5. The molecule has 11 heteroatoms. The van der Waals surface area contributed by atoms with E-state index in [1.807, 2.05) is 6.07 Å². The molecule has 0 bridgehead atoms. The van der Waals surface area contributed by atoms with E-state index >= 15 is 0 Å². The minimum Gasteiger partial charge on any atom is -0.478 e. The van der Waals surface area contributed by atoms with Crippen LogP contribution >= 0.6 is 0 Å². The highest BCUT2D eigenvalue weighted by Gasteiger charge is 2.56. The number of aliphatic hydroxyl groups is 4. The highest BCUT2D eigenvalue weighted by molar-refractivity contribution is 5.87. The van der Waals surface area contributed by atoms with Crippen LogP contribution in [0.3, 0.4) is 0 Å². The molecule has 0 unspecified atom stereocenters. The number of benzene rings is 1. The highest BCUT2D eigenvalue weighted by atomic mass is 16.8. The predicted octanol–water partition coefficient (Wildman–Crippen LogP) is 0.169. The fourth-order valence-electron chi connectivity index (χ4n) is 5.02. The van der Waals surface area contributed by atoms with Gasteiger partial charge in [0, 0.05) is 12.0 Å². The van der Waals surface area contributed by atoms with Gasteiger partial charge in [0.15, 0.2) is 6.10 Å². The van der Waals surface area contributed by atoms with Gasteiger partial charge >= 0.3 is 11.9 Å². The van der Waals surface area contributed by atoms with Crippen LogP contribution in [-0.4, -0.2) is 86.7 Å². The van der Waals surface area contributed by atoms with Crippen LogP contribution in [-0.2, 0) is 28.5 Å². The highest BCUT2D eigenvalue weighted by Crippen LogP contribution is 2.49. The fourth-order valence-corrected chi connectivity index (χ4v) is 5.02. The van der Waals surface area contributed by atoms with Crippen LogP contribution in [0, 0.1) is 11.8 Å². The smallest absolute Gasteiger partial charge is 0.334 e. The SMILES string of the molecule is C[C@@]1(O)CC[C@@H]2C(C(=O)O)=CO[C@@H](O[C@@H]3O[C@H](CO)[C@@H](O)[C@H](O)[C@H]3OC(=O)C=Cc3ccccc3)[C@@H]21. The molecule has 11 nitrogen and oxygen atoms in total. The largest absolute Gasteiger partial charge is 0.478 e. The summed E-state index contributed by atoms with van der Waals surface area (Å²) in [5.74, 6) is -3.40. The van der Waals surface area contributed by atoms with Crippen molar-refractivity contribution in [2.24, 2.45) is 11.8 Å². The lowest BCUT2D eigenvalue weighted by Crippen LogP contribution is -2.61. The van der Waals surface area contributed by atoms with Gasteiger partial charge in [-0.1, -0.05) is 30.3 Å². The topological polar surface area (TPSA) is 172 Å². The maximum atomic E-state index is 12.5. The molecule has 2 heterocycles. The first-order chi connectivity index (χ1) is 17.1. The van der Waals surface area contributed by atoms with Crippen molar-refractivity contribution < 1.29 is 54.1 Å². The molecule has 0 aromatic heterocycles. The lowest BCUT2D eigenvalue weighted by Gasteiger charge is -2.44. The quantitative estimate of drug-likeness (QED) is 0.252. The van der Waals surface area contributed by atoms with Gasteiger partial charge < -0.3 is 44.5 Å². The maximum absolute atomic E-state index is 12.5. The van der Waals surface area contributed by atoms with Gasteiger partial charge in [0.1, 0.15) is 18.3 Å². The zero-order chi connectivity index (χ0) is 26.0. The van der Waals surface area contributed by atoms with E-state index in [2.05, 4.69) is 0 Å². The zero-order valence-electron chi connectivity index (χ0n) is 19.5. The van der Waals surface area contributed by atoms with Gasteiger partial charge in [0.25, 0.3) is 0 Å². The molecule has 0 spiro atoms. The molecule has 1 aliphatic carbocycles. The molecule has 5 N–H and O–H groups in total. The number of carboxylic acids is 1. The molecule has 1 aromatic rings. The van der Waals surface area contributed by atoms with Crippen LogP contribution in [0.4, 0.5) is 0 Å². The van der Waals surface area contributed by atoms with E-state index in [4.69, 9.17) is 18.9 Å². The standard InChI is InChI=1S/C25H30O11/c1-25(32)10-9-14-15(22(30)31)12-33-23(18(14)25)36-24-21(20(29)19(28)16(11-26)34-24)35-17(27)8-7-13-5-3-2-4-6-13/h2-8,12,14,16,18-21,23-24,26,28-29,32H,9-11H2,1H3,(H,30,31)/t14-,16-,18-,19-,20+,21-,23+,24+,25-/m1/s1. The number of aliphatic hydroxyl groups excluding tert-OH is 3. The Morgan fingerprint density at radius 3 is 2.56 bits per heavy atom. The summed E-state index contributed by atoms with van der Waals surface area (Å²) in [6.45, 7) is 0.885. The molecule has 4 rings (SSSR count). The number of carbonyl (C=O) groups is 2. The summed E-state index contributed by atoms with van der Waals surface area (Å²) in [4.78, 5) is 24.2. The zero-order valence-corrected chi connectivity index (χ0v) is 19.5. The van der Waals surface area contributed by atoms with Crippen LogP contribution in [0.5, 0.6) is 0 Å². The number of aliphatic carboxylic acids is 1. The summed E-state index contributed by atoms with van der Waals surface area (Å²) in [6.07, 6.45) is -4.38. The number of esters is 1. The Balaban J connectivity index is 1.55. The first-order valence-electron chi connectivity index (χ1n) is 11.6. The summed E-state index contributed by atoms with van der Waals surface area (Å²) < 4.78 is 22.4. The lowest BCUT2D eigenvalue weighted by atomic mass is 9.81. The summed E-state index contributed by atoms with van der Waals surface area (Å²) in [5.41, 5.74) is -0.605. The normalized spacial score (nSPS) is 38.2. The van der Waals surface area contributed by atoms with Crippen molar-refractivity contribution in [1.29, 1.82) is 0 Å². The number of hydrogen-bond acceptors (Lipinski definition) is 10. The van der Waals surface area contributed by atoms with Crippen molar-refractivity contribution >= 4 is 18.0 Å². The van der Waals surface area contributed by atoms with Crippen molar-refractivity contribution in [3.63, 3.8) is 0 Å². The molecule has 9 atom stereocenters. The van der Waals surface area contributed by atoms with Crippen molar-refractivity contribution in [2.45, 2.75) is 62.4 Å². The Labute approximate surface area is 207 Å². The van der Waals surface area contributed by atoms with Crippen molar-refractivity contribution in [2.75, 3.05) is 6.61 Å². The van der Waals surface area contributed by atoms with Crippen LogP contribution in [0.25, 0.3) is 6.08 Å². The van der Waals surface area contributed by atoms with Gasteiger partial charge in [-0.25, -0.2) is 9.59 Å². The van der Waals surface area contributed by atoms with Crippen LogP contribution in [0.2, 0.25) is 0 Å². The Morgan fingerprint density at radius 2 is 1.89 bits per heavy atom. The molecular weight excluding hydrogens is 476 g/mol. The maximum Gasteiger partial charge on any atom is 0.334 e. The van der Waals surface area contributed by atoms with E-state index in [1.54, 1.807) is 31.2 Å². The first kappa shape index (κ1) is 26.3. The van der Waals surface area contributed by atoms with Crippen LogP contribution in [0.1, 0.15) is 25.3 Å². The van der Waals surface area contributed by atoms with Crippen molar-refractivity contribution in [3.8, 4) is 0 Å². The third-order valence-electron chi connectivity index (χ3n) is 6.94. The summed E-state index contributed by atoms with van der Waals surface area (Å²) in [6, 6.07) is 8.94. The minimum absolute atomic E-state index is 0.0000869. The molecule has 2 aliphatic heterocycles. The molecule has 1 aromatic carbocycles. The second-order valence-electron chi connectivity index (χ2n) is 9.40. The van der Waals surface area contributed by atoms with Gasteiger partial charge in [-0.05, 0) is 31.4 Å². The second kappa shape index (κ2) is 10.7. The monoisotopic (exact) mass is 506 g/mol. The van der Waals surface area contributed by atoms with Crippen molar-refractivity contribution in [3.05, 3.63) is 53.8 Å². The molecule has 0 radical (unpaired) electrons. The molecule has 0 amide bonds. The van der Waals surface area contributed by atoms with Crippen LogP contribution in [0.15, 0.2) is 48.2 Å². The van der Waals surface area contributed by atoms with Crippen molar-refractivity contribution in [1.82, 2.24) is 0 Å². The molecule has 1 saturated carbocycles. The first-order valence-corrected chi connectivity index (χ1v) is 11.6. The molecular formula is C25H30O11.